The first-order valence-electron chi connectivity index (χ1n) is 8.57. The molecule has 0 heterocycles. The third-order valence-corrected chi connectivity index (χ3v) is 7.26. The molecule has 0 saturated heterocycles. The smallest absolute Gasteiger partial charge is 0.139 e. The van der Waals surface area contributed by atoms with Crippen molar-refractivity contribution >= 4 is 5.78 Å². The van der Waals surface area contributed by atoms with Gasteiger partial charge in [-0.05, 0) is 55.8 Å². The van der Waals surface area contributed by atoms with Crippen molar-refractivity contribution in [1.82, 2.24) is 0 Å². The number of aliphatic hydroxyl groups excluding tert-OH is 1. The highest BCUT2D eigenvalue weighted by molar-refractivity contribution is 5.88. The van der Waals surface area contributed by atoms with Crippen LogP contribution in [0.4, 0.5) is 0 Å². The normalized spacial score (nSPS) is 48.9. The van der Waals surface area contributed by atoms with Crippen LogP contribution in [0.3, 0.4) is 0 Å². The summed E-state index contributed by atoms with van der Waals surface area (Å²) < 4.78 is 0. The molecule has 0 aromatic heterocycles. The lowest BCUT2D eigenvalue weighted by molar-refractivity contribution is -0.127. The molecule has 0 aliphatic heterocycles. The van der Waals surface area contributed by atoms with E-state index in [1.165, 1.54) is 5.57 Å². The van der Waals surface area contributed by atoms with E-state index in [1.54, 1.807) is 5.57 Å². The van der Waals surface area contributed by atoms with Gasteiger partial charge in [-0.1, -0.05) is 37.1 Å². The van der Waals surface area contributed by atoms with Crippen LogP contribution < -0.4 is 0 Å². The molecule has 21 heavy (non-hydrogen) atoms. The summed E-state index contributed by atoms with van der Waals surface area (Å²) in [5.74, 6) is 1.57. The summed E-state index contributed by atoms with van der Waals surface area (Å²) in [6, 6.07) is 0. The van der Waals surface area contributed by atoms with E-state index >= 15 is 0 Å². The summed E-state index contributed by atoms with van der Waals surface area (Å²) in [6.45, 7) is 4.61. The van der Waals surface area contributed by atoms with Gasteiger partial charge in [0.05, 0.1) is 6.10 Å². The van der Waals surface area contributed by atoms with Crippen LogP contribution >= 0.6 is 0 Å². The third-order valence-electron chi connectivity index (χ3n) is 7.26. The molecular formula is C19H26O2. The molecule has 5 atom stereocenters. The van der Waals surface area contributed by atoms with Crippen molar-refractivity contribution in [3.8, 4) is 0 Å². The molecule has 0 aromatic carbocycles. The largest absolute Gasteiger partial charge is 0.393 e. The molecule has 3 fully saturated rings. The number of carbonyl (C=O) groups is 1. The second-order valence-corrected chi connectivity index (χ2v) is 8.20. The monoisotopic (exact) mass is 286 g/mol. The van der Waals surface area contributed by atoms with E-state index in [1.807, 2.05) is 0 Å². The van der Waals surface area contributed by atoms with E-state index in [-0.39, 0.29) is 16.9 Å². The van der Waals surface area contributed by atoms with E-state index in [0.29, 0.717) is 17.6 Å². The number of hydrogen-bond acceptors (Lipinski definition) is 2. The molecule has 4 aliphatic rings. The van der Waals surface area contributed by atoms with Crippen molar-refractivity contribution in [1.29, 1.82) is 0 Å². The Morgan fingerprint density at radius 1 is 1.05 bits per heavy atom. The molecule has 4 aliphatic carbocycles. The Balaban J connectivity index is 1.75. The Bertz CT molecular complexity index is 558. The average Bonchev–Trinajstić information content (AvgIpc) is 2.76. The van der Waals surface area contributed by atoms with Crippen molar-refractivity contribution in [2.75, 3.05) is 0 Å². The molecule has 1 N–H and O–H groups in total. The van der Waals surface area contributed by atoms with Crippen LogP contribution in [-0.4, -0.2) is 17.0 Å². The van der Waals surface area contributed by atoms with E-state index in [0.717, 1.165) is 44.9 Å². The molecule has 2 unspecified atom stereocenters. The Kier molecular flexibility index (Phi) is 2.83. The van der Waals surface area contributed by atoms with E-state index < -0.39 is 0 Å². The topological polar surface area (TPSA) is 37.3 Å². The van der Waals surface area contributed by atoms with Crippen LogP contribution in [0, 0.1) is 22.7 Å². The predicted molar refractivity (Wildman–Crippen MR) is 82.7 cm³/mol. The lowest BCUT2D eigenvalue weighted by Gasteiger charge is -2.53. The van der Waals surface area contributed by atoms with Crippen LogP contribution in [0.15, 0.2) is 23.3 Å². The highest BCUT2D eigenvalue weighted by Crippen LogP contribution is 2.62. The molecule has 0 spiro atoms. The number of aliphatic hydroxyl groups is 1. The molecule has 3 saturated carbocycles. The van der Waals surface area contributed by atoms with Crippen molar-refractivity contribution in [3.63, 3.8) is 0 Å². The number of ketones is 1. The zero-order valence-electron chi connectivity index (χ0n) is 13.2. The van der Waals surface area contributed by atoms with Gasteiger partial charge >= 0.3 is 0 Å². The highest BCUT2D eigenvalue weighted by atomic mass is 16.3. The maximum Gasteiger partial charge on any atom is 0.139 e. The first-order chi connectivity index (χ1) is 9.95. The number of Topliss-reactive ketones (excluding diaryl/α,β-unsaturated/α-hetero) is 1. The van der Waals surface area contributed by atoms with Crippen LogP contribution in [0.25, 0.3) is 0 Å². The summed E-state index contributed by atoms with van der Waals surface area (Å²) in [7, 11) is 0. The lowest BCUT2D eigenvalue weighted by atomic mass is 9.51. The third kappa shape index (κ3) is 1.72. The van der Waals surface area contributed by atoms with Crippen molar-refractivity contribution < 1.29 is 9.90 Å². The first-order valence-corrected chi connectivity index (χ1v) is 8.57. The van der Waals surface area contributed by atoms with Crippen LogP contribution in [0.2, 0.25) is 0 Å². The Morgan fingerprint density at radius 2 is 1.76 bits per heavy atom. The summed E-state index contributed by atoms with van der Waals surface area (Å²) in [4.78, 5) is 12.3. The number of carbonyl (C=O) groups excluding carboxylic acids is 1. The van der Waals surface area contributed by atoms with Gasteiger partial charge in [0.1, 0.15) is 5.78 Å². The van der Waals surface area contributed by atoms with Gasteiger partial charge in [-0.15, -0.1) is 0 Å². The van der Waals surface area contributed by atoms with Gasteiger partial charge in [0.2, 0.25) is 0 Å². The molecule has 2 nitrogen and oxygen atoms in total. The average molecular weight is 286 g/mol. The van der Waals surface area contributed by atoms with Crippen molar-refractivity contribution in [2.45, 2.75) is 64.9 Å². The SMILES string of the molecule is C[C@]12CC[C@@H](O)CC1=CC=C1C2CC[C@]2(C)C(=O)CCC12. The molecule has 2 heteroatoms. The summed E-state index contributed by atoms with van der Waals surface area (Å²) >= 11 is 0. The zero-order valence-corrected chi connectivity index (χ0v) is 13.2. The van der Waals surface area contributed by atoms with Gasteiger partial charge in [0.25, 0.3) is 0 Å². The second-order valence-electron chi connectivity index (χ2n) is 8.20. The molecule has 4 rings (SSSR count). The Morgan fingerprint density at radius 3 is 2.57 bits per heavy atom. The van der Waals surface area contributed by atoms with E-state index in [4.69, 9.17) is 0 Å². The van der Waals surface area contributed by atoms with Crippen molar-refractivity contribution in [3.05, 3.63) is 23.3 Å². The molecule has 0 amide bonds. The van der Waals surface area contributed by atoms with Gasteiger partial charge in [-0.2, -0.15) is 0 Å². The fraction of sp³-hybridized carbons (Fsp3) is 0.737. The van der Waals surface area contributed by atoms with Gasteiger partial charge in [0, 0.05) is 11.8 Å². The Labute approximate surface area is 127 Å². The molecule has 0 aromatic rings. The summed E-state index contributed by atoms with van der Waals surface area (Å²) in [6.07, 6.45) is 11.4. The predicted octanol–water partition coefficient (Wildman–Crippen LogP) is 3.80. The highest BCUT2D eigenvalue weighted by Gasteiger charge is 2.56. The van der Waals surface area contributed by atoms with Gasteiger partial charge in [0.15, 0.2) is 0 Å². The minimum Gasteiger partial charge on any atom is -0.393 e. The summed E-state index contributed by atoms with van der Waals surface area (Å²) in [5, 5.41) is 9.98. The minimum atomic E-state index is -0.152. The second kappa shape index (κ2) is 4.32. The Hall–Kier alpha value is -0.890. The maximum absolute atomic E-state index is 12.3. The molecule has 0 radical (unpaired) electrons. The van der Waals surface area contributed by atoms with Gasteiger partial charge in [-0.25, -0.2) is 0 Å². The number of hydrogen-bond donors (Lipinski definition) is 1. The summed E-state index contributed by atoms with van der Waals surface area (Å²) in [5.41, 5.74) is 3.15. The minimum absolute atomic E-state index is 0.0851. The maximum atomic E-state index is 12.3. The van der Waals surface area contributed by atoms with E-state index in [2.05, 4.69) is 26.0 Å². The molecular weight excluding hydrogens is 260 g/mol. The number of allylic oxidation sites excluding steroid dienone is 3. The molecule has 0 bridgehead atoms. The van der Waals surface area contributed by atoms with Gasteiger partial charge in [-0.3, -0.25) is 4.79 Å². The number of fused-ring (bicyclic) bond motifs is 5. The van der Waals surface area contributed by atoms with Crippen LogP contribution in [0.5, 0.6) is 0 Å². The first kappa shape index (κ1) is 13.8. The fourth-order valence-electron chi connectivity index (χ4n) is 5.76. The zero-order chi connectivity index (χ0) is 14.8. The van der Waals surface area contributed by atoms with E-state index in [9.17, 15) is 9.90 Å². The quantitative estimate of drug-likeness (QED) is 0.735. The standard InChI is InChI=1S/C19H26O2/c1-18-9-7-13(20)11-12(18)3-4-14-15-5-6-17(21)19(15,2)10-8-16(14)18/h3-4,13,15-16,20H,5-11H2,1-2H3/t13-,15?,16?,18+,19+/m1/s1. The number of rotatable bonds is 0. The molecule has 114 valence electrons. The van der Waals surface area contributed by atoms with Crippen LogP contribution in [-0.2, 0) is 4.79 Å². The fourth-order valence-corrected chi connectivity index (χ4v) is 5.76. The van der Waals surface area contributed by atoms with Crippen LogP contribution in [0.1, 0.15) is 58.8 Å². The lowest BCUT2D eigenvalue weighted by Crippen LogP contribution is -2.46. The van der Waals surface area contributed by atoms with Crippen molar-refractivity contribution in [2.24, 2.45) is 22.7 Å². The van der Waals surface area contributed by atoms with Gasteiger partial charge < -0.3 is 5.11 Å².